The maximum absolute atomic E-state index is 6.17. The first-order valence-corrected chi connectivity index (χ1v) is 9.23. The molecule has 26 heavy (non-hydrogen) atoms. The van der Waals surface area contributed by atoms with Crippen LogP contribution in [-0.4, -0.2) is 39.2 Å². The Morgan fingerprint density at radius 2 is 1.85 bits per heavy atom. The van der Waals surface area contributed by atoms with E-state index in [1.165, 1.54) is 7.11 Å². The molecule has 0 bridgehead atoms. The quantitative estimate of drug-likeness (QED) is 0.218. The molecule has 0 aliphatic rings. The summed E-state index contributed by atoms with van der Waals surface area (Å²) in [6.45, 7) is 10.0. The van der Waals surface area contributed by atoms with Crippen LogP contribution in [0.3, 0.4) is 0 Å². The van der Waals surface area contributed by atoms with Crippen LogP contribution in [0.1, 0.15) is 44.2 Å². The number of ether oxygens (including phenoxy) is 3. The molecule has 1 rings (SSSR count). The van der Waals surface area contributed by atoms with Gasteiger partial charge in [-0.15, -0.1) is 0 Å². The van der Waals surface area contributed by atoms with E-state index in [1.54, 1.807) is 6.21 Å². The highest BCUT2D eigenvalue weighted by Crippen LogP contribution is 2.29. The summed E-state index contributed by atoms with van der Waals surface area (Å²) in [5.41, 5.74) is 2.21. The lowest BCUT2D eigenvalue weighted by Gasteiger charge is -2.19. The largest absolute Gasteiger partial charge is 0.490 e. The molecule has 5 nitrogen and oxygen atoms in total. The van der Waals surface area contributed by atoms with Crippen LogP contribution in [0.4, 0.5) is 0 Å². The maximum atomic E-state index is 6.17. The number of benzene rings is 1. The fourth-order valence-electron chi connectivity index (χ4n) is 2.56. The highest BCUT2D eigenvalue weighted by molar-refractivity contribution is 5.57. The molecule has 0 aromatic heterocycles. The van der Waals surface area contributed by atoms with Gasteiger partial charge in [-0.05, 0) is 70.2 Å². The third-order valence-electron chi connectivity index (χ3n) is 3.86. The zero-order chi connectivity index (χ0) is 19.2. The minimum Gasteiger partial charge on any atom is -0.490 e. The Bertz CT molecular complexity index is 546. The molecule has 0 saturated heterocycles. The number of rotatable bonds is 13. The van der Waals surface area contributed by atoms with Crippen molar-refractivity contribution >= 4 is 6.21 Å². The van der Waals surface area contributed by atoms with Crippen LogP contribution >= 0.6 is 0 Å². The third kappa shape index (κ3) is 8.90. The second-order valence-electron chi connectivity index (χ2n) is 6.24. The zero-order valence-electron chi connectivity index (χ0n) is 16.8. The van der Waals surface area contributed by atoms with E-state index >= 15 is 0 Å². The van der Waals surface area contributed by atoms with E-state index < -0.39 is 0 Å². The lowest BCUT2D eigenvalue weighted by atomic mass is 10.1. The smallest absolute Gasteiger partial charge is 0.125 e. The van der Waals surface area contributed by atoms with Gasteiger partial charge in [0.05, 0.1) is 18.9 Å². The number of nitrogens with zero attached hydrogens (tertiary/aromatic N) is 1. The Kier molecular flexibility index (Phi) is 11.2. The predicted molar refractivity (Wildman–Crippen MR) is 106 cm³/mol. The summed E-state index contributed by atoms with van der Waals surface area (Å²) in [6, 6.07) is 4.07. The summed E-state index contributed by atoms with van der Waals surface area (Å²) < 4.78 is 17.3. The molecule has 0 N–H and O–H groups in total. The monoisotopic (exact) mass is 363 g/mol. The van der Waals surface area contributed by atoms with Crippen molar-refractivity contribution in [2.24, 2.45) is 5.16 Å². The van der Waals surface area contributed by atoms with Gasteiger partial charge in [-0.1, -0.05) is 17.3 Å². The fourth-order valence-corrected chi connectivity index (χ4v) is 2.56. The first kappa shape index (κ1) is 22.0. The topological polar surface area (TPSA) is 49.3 Å². The molecular formula is C21H33NO4. The molecule has 146 valence electrons. The number of hydrogen-bond donors (Lipinski definition) is 0. The van der Waals surface area contributed by atoms with Crippen molar-refractivity contribution in [1.82, 2.24) is 0 Å². The van der Waals surface area contributed by atoms with Crippen LogP contribution in [0.15, 0.2) is 29.4 Å². The molecule has 1 atom stereocenters. The van der Waals surface area contributed by atoms with Gasteiger partial charge in [0.15, 0.2) is 0 Å². The van der Waals surface area contributed by atoms with E-state index in [0.29, 0.717) is 13.2 Å². The number of allylic oxidation sites excluding steroid dienone is 1. The molecule has 0 heterocycles. The Morgan fingerprint density at radius 1 is 1.12 bits per heavy atom. The molecule has 1 aromatic rings. The standard InChI is InChI=1S/C21H33NO4/c1-6-7-13-25-20-15-17(2)21(18(3)16-20)26-19(4)10-8-9-12-24-14-11-22-23-5/h6-7,11,15-16,19H,8-10,12-14H2,1-5H3/b7-6+,22-11+. The van der Waals surface area contributed by atoms with Crippen LogP contribution in [0.2, 0.25) is 0 Å². The van der Waals surface area contributed by atoms with Crippen LogP contribution in [-0.2, 0) is 9.57 Å². The highest BCUT2D eigenvalue weighted by atomic mass is 16.6. The first-order valence-electron chi connectivity index (χ1n) is 9.23. The second-order valence-corrected chi connectivity index (χ2v) is 6.24. The Labute approximate surface area is 158 Å². The third-order valence-corrected chi connectivity index (χ3v) is 3.86. The van der Waals surface area contributed by atoms with E-state index in [9.17, 15) is 0 Å². The highest BCUT2D eigenvalue weighted by Gasteiger charge is 2.11. The van der Waals surface area contributed by atoms with Crippen LogP contribution < -0.4 is 9.47 Å². The van der Waals surface area contributed by atoms with Gasteiger partial charge < -0.3 is 19.0 Å². The summed E-state index contributed by atoms with van der Waals surface area (Å²) in [5.74, 6) is 1.84. The lowest BCUT2D eigenvalue weighted by molar-refractivity contribution is 0.153. The summed E-state index contributed by atoms with van der Waals surface area (Å²) in [4.78, 5) is 4.57. The van der Waals surface area contributed by atoms with Gasteiger partial charge in [-0.3, -0.25) is 0 Å². The van der Waals surface area contributed by atoms with E-state index in [2.05, 4.69) is 30.8 Å². The summed E-state index contributed by atoms with van der Waals surface area (Å²) in [6.07, 6.45) is 8.81. The zero-order valence-corrected chi connectivity index (χ0v) is 16.8. The summed E-state index contributed by atoms with van der Waals surface area (Å²) in [5, 5.41) is 3.63. The van der Waals surface area contributed by atoms with Crippen LogP contribution in [0.25, 0.3) is 0 Å². The first-order chi connectivity index (χ1) is 12.6. The molecule has 0 spiro atoms. The number of aryl methyl sites for hydroxylation is 2. The van der Waals surface area contributed by atoms with Gasteiger partial charge in [0.2, 0.25) is 0 Å². The molecule has 0 aliphatic heterocycles. The van der Waals surface area contributed by atoms with Crippen LogP contribution in [0.5, 0.6) is 11.5 Å². The molecule has 1 unspecified atom stereocenters. The van der Waals surface area contributed by atoms with E-state index in [0.717, 1.165) is 48.5 Å². The van der Waals surface area contributed by atoms with Gasteiger partial charge in [-0.2, -0.15) is 0 Å². The molecule has 0 radical (unpaired) electrons. The summed E-state index contributed by atoms with van der Waals surface area (Å²) >= 11 is 0. The molecule has 0 fully saturated rings. The van der Waals surface area contributed by atoms with E-state index in [4.69, 9.17) is 14.2 Å². The molecule has 0 aliphatic carbocycles. The van der Waals surface area contributed by atoms with Gasteiger partial charge in [0.25, 0.3) is 0 Å². The fraction of sp³-hybridized carbons (Fsp3) is 0.571. The maximum Gasteiger partial charge on any atom is 0.125 e. The molecule has 0 amide bonds. The van der Waals surface area contributed by atoms with Crippen molar-refractivity contribution in [3.63, 3.8) is 0 Å². The lowest BCUT2D eigenvalue weighted by Crippen LogP contribution is -2.13. The minimum absolute atomic E-state index is 0.164. The SMILES string of the molecule is C/C=C/COc1cc(C)c(OC(C)CCCCOC/C=N/OC)c(C)c1. The van der Waals surface area contributed by atoms with Gasteiger partial charge in [0.1, 0.15) is 25.2 Å². The van der Waals surface area contributed by atoms with E-state index in [-0.39, 0.29) is 6.10 Å². The Hall–Kier alpha value is -2.01. The van der Waals surface area contributed by atoms with Gasteiger partial charge in [0, 0.05) is 6.61 Å². The average Bonchev–Trinajstić information content (AvgIpc) is 2.61. The average molecular weight is 363 g/mol. The van der Waals surface area contributed by atoms with Crippen molar-refractivity contribution in [2.75, 3.05) is 26.9 Å². The summed E-state index contributed by atoms with van der Waals surface area (Å²) in [7, 11) is 1.52. The van der Waals surface area contributed by atoms with Crippen molar-refractivity contribution in [1.29, 1.82) is 0 Å². The second kappa shape index (κ2) is 13.2. The Balaban J connectivity index is 2.37. The Morgan fingerprint density at radius 3 is 2.50 bits per heavy atom. The van der Waals surface area contributed by atoms with Crippen molar-refractivity contribution in [2.45, 2.75) is 53.1 Å². The normalized spacial score (nSPS) is 12.7. The molecule has 1 aromatic carbocycles. The number of hydrogen-bond acceptors (Lipinski definition) is 5. The van der Waals surface area contributed by atoms with Crippen molar-refractivity contribution < 1.29 is 19.0 Å². The molecule has 0 saturated carbocycles. The van der Waals surface area contributed by atoms with Crippen LogP contribution in [0, 0.1) is 13.8 Å². The number of oxime groups is 1. The van der Waals surface area contributed by atoms with E-state index in [1.807, 2.05) is 31.2 Å². The molecule has 5 heteroatoms. The van der Waals surface area contributed by atoms with Crippen molar-refractivity contribution in [3.8, 4) is 11.5 Å². The number of unbranched alkanes of at least 4 members (excludes halogenated alkanes) is 1. The molecular weight excluding hydrogens is 330 g/mol. The predicted octanol–water partition coefficient (Wildman–Crippen LogP) is 4.84. The van der Waals surface area contributed by atoms with Gasteiger partial charge in [-0.25, -0.2) is 0 Å². The van der Waals surface area contributed by atoms with Crippen molar-refractivity contribution in [3.05, 3.63) is 35.4 Å². The van der Waals surface area contributed by atoms with Gasteiger partial charge >= 0.3 is 0 Å². The minimum atomic E-state index is 0.164.